The van der Waals surface area contributed by atoms with Gasteiger partial charge in [0.25, 0.3) is 5.56 Å². The molecule has 8 heteroatoms. The van der Waals surface area contributed by atoms with Gasteiger partial charge in [-0.1, -0.05) is 36.4 Å². The summed E-state index contributed by atoms with van der Waals surface area (Å²) in [6, 6.07) is 18.8. The van der Waals surface area contributed by atoms with E-state index in [1.807, 2.05) is 25.1 Å². The first kappa shape index (κ1) is 20.6. The van der Waals surface area contributed by atoms with Crippen LogP contribution in [0.15, 0.2) is 88.7 Å². The molecule has 0 fully saturated rings. The molecule has 4 aromatic rings. The zero-order chi connectivity index (χ0) is 22.2. The van der Waals surface area contributed by atoms with Crippen molar-refractivity contribution in [2.24, 2.45) is 5.14 Å². The number of nitrogens with two attached hydrogens (primary N) is 1. The first-order valence-corrected chi connectivity index (χ1v) is 10.9. The Kier molecular flexibility index (Phi) is 5.26. The second kappa shape index (κ2) is 7.90. The van der Waals surface area contributed by atoms with Crippen molar-refractivity contribution in [3.05, 3.63) is 101 Å². The number of benzene rings is 3. The van der Waals surface area contributed by atoms with Crippen LogP contribution >= 0.6 is 0 Å². The summed E-state index contributed by atoms with van der Waals surface area (Å²) < 4.78 is 37.9. The molecule has 0 aliphatic rings. The van der Waals surface area contributed by atoms with Gasteiger partial charge in [-0.25, -0.2) is 17.9 Å². The molecule has 1 heterocycles. The molecule has 6 nitrogen and oxygen atoms in total. The first-order chi connectivity index (χ1) is 14.7. The number of nitrogens with zero attached hydrogens (tertiary/aromatic N) is 2. The molecule has 0 aliphatic heterocycles. The van der Waals surface area contributed by atoms with Gasteiger partial charge >= 0.3 is 0 Å². The standard InChI is InChI=1S/C23H18FN3O3S/c1-15-3-2-4-19(13-15)27-23(28)22(17-5-9-18(24)10-6-17)21(14-26-27)16-7-11-20(12-8-16)31(25,29)30/h2-14H,1H3,(H2,25,29,30). The Labute approximate surface area is 178 Å². The lowest BCUT2D eigenvalue weighted by atomic mass is 9.97. The van der Waals surface area contributed by atoms with Gasteiger partial charge in [0, 0.05) is 5.56 Å². The second-order valence-corrected chi connectivity index (χ2v) is 8.63. The molecule has 0 radical (unpaired) electrons. The molecule has 0 bridgehead atoms. The van der Waals surface area contributed by atoms with Gasteiger partial charge in [-0.15, -0.1) is 0 Å². The third-order valence-electron chi connectivity index (χ3n) is 4.85. The maximum absolute atomic E-state index is 13.5. The van der Waals surface area contributed by atoms with Crippen molar-refractivity contribution in [2.45, 2.75) is 11.8 Å². The van der Waals surface area contributed by atoms with E-state index in [1.165, 1.54) is 47.3 Å². The lowest BCUT2D eigenvalue weighted by molar-refractivity contribution is 0.598. The molecule has 0 saturated carbocycles. The molecule has 0 saturated heterocycles. The van der Waals surface area contributed by atoms with Crippen LogP contribution in [0.2, 0.25) is 0 Å². The summed E-state index contributed by atoms with van der Waals surface area (Å²) in [5.74, 6) is -0.420. The lowest BCUT2D eigenvalue weighted by Crippen LogP contribution is -2.23. The van der Waals surface area contributed by atoms with E-state index < -0.39 is 15.8 Å². The number of aromatic nitrogens is 2. The summed E-state index contributed by atoms with van der Waals surface area (Å²) >= 11 is 0. The van der Waals surface area contributed by atoms with E-state index in [0.29, 0.717) is 27.9 Å². The number of halogens is 1. The zero-order valence-electron chi connectivity index (χ0n) is 16.5. The van der Waals surface area contributed by atoms with Gasteiger partial charge in [0.05, 0.1) is 22.3 Å². The van der Waals surface area contributed by atoms with Crippen LogP contribution < -0.4 is 10.7 Å². The normalized spacial score (nSPS) is 11.5. The van der Waals surface area contributed by atoms with Gasteiger partial charge in [-0.05, 0) is 60.0 Å². The van der Waals surface area contributed by atoms with E-state index in [1.54, 1.807) is 18.2 Å². The highest BCUT2D eigenvalue weighted by molar-refractivity contribution is 7.89. The van der Waals surface area contributed by atoms with Crippen molar-refractivity contribution in [1.82, 2.24) is 9.78 Å². The summed E-state index contributed by atoms with van der Waals surface area (Å²) in [6.45, 7) is 1.91. The molecular weight excluding hydrogens is 417 g/mol. The molecule has 1 aromatic heterocycles. The van der Waals surface area contributed by atoms with Crippen LogP contribution in [0.5, 0.6) is 0 Å². The molecule has 2 N–H and O–H groups in total. The Morgan fingerprint density at radius 1 is 0.935 bits per heavy atom. The number of hydrogen-bond donors (Lipinski definition) is 1. The average Bonchev–Trinajstić information content (AvgIpc) is 2.74. The van der Waals surface area contributed by atoms with Crippen LogP contribution in [0, 0.1) is 12.7 Å². The summed E-state index contributed by atoms with van der Waals surface area (Å²) in [5, 5.41) is 9.50. The summed E-state index contributed by atoms with van der Waals surface area (Å²) in [7, 11) is -3.85. The molecular formula is C23H18FN3O3S. The summed E-state index contributed by atoms with van der Waals surface area (Å²) in [4.78, 5) is 13.4. The maximum Gasteiger partial charge on any atom is 0.279 e. The summed E-state index contributed by atoms with van der Waals surface area (Å²) in [6.07, 6.45) is 1.54. The van der Waals surface area contributed by atoms with Crippen LogP contribution in [0.1, 0.15) is 5.56 Å². The third kappa shape index (κ3) is 4.16. The molecule has 0 amide bonds. The van der Waals surface area contributed by atoms with Crippen molar-refractivity contribution in [1.29, 1.82) is 0 Å². The maximum atomic E-state index is 13.5. The minimum atomic E-state index is -3.85. The molecule has 156 valence electrons. The number of rotatable bonds is 4. The van der Waals surface area contributed by atoms with Crippen molar-refractivity contribution in [3.63, 3.8) is 0 Å². The fourth-order valence-corrected chi connectivity index (χ4v) is 3.85. The predicted molar refractivity (Wildman–Crippen MR) is 117 cm³/mol. The predicted octanol–water partition coefficient (Wildman–Crippen LogP) is 3.66. The second-order valence-electron chi connectivity index (χ2n) is 7.07. The summed E-state index contributed by atoms with van der Waals surface area (Å²) in [5.41, 5.74) is 3.08. The van der Waals surface area contributed by atoms with E-state index in [2.05, 4.69) is 5.10 Å². The van der Waals surface area contributed by atoms with E-state index in [0.717, 1.165) is 5.56 Å². The van der Waals surface area contributed by atoms with E-state index in [4.69, 9.17) is 5.14 Å². The SMILES string of the molecule is Cc1cccc(-n2ncc(-c3ccc(S(N)(=O)=O)cc3)c(-c3ccc(F)cc3)c2=O)c1. The number of sulfonamides is 1. The van der Waals surface area contributed by atoms with Crippen molar-refractivity contribution in [2.75, 3.05) is 0 Å². The Morgan fingerprint density at radius 2 is 1.58 bits per heavy atom. The average molecular weight is 435 g/mol. The molecule has 0 unspecified atom stereocenters. The highest BCUT2D eigenvalue weighted by Crippen LogP contribution is 2.30. The van der Waals surface area contributed by atoms with Crippen molar-refractivity contribution >= 4 is 10.0 Å². The van der Waals surface area contributed by atoms with Crippen molar-refractivity contribution in [3.8, 4) is 27.9 Å². The Morgan fingerprint density at radius 3 is 2.19 bits per heavy atom. The molecule has 31 heavy (non-hydrogen) atoms. The fraction of sp³-hybridized carbons (Fsp3) is 0.0435. The van der Waals surface area contributed by atoms with Crippen LogP contribution in [-0.2, 0) is 10.0 Å². The molecule has 0 spiro atoms. The Hall–Kier alpha value is -3.62. The minimum Gasteiger partial charge on any atom is -0.267 e. The van der Waals surface area contributed by atoms with Crippen LogP contribution in [0.4, 0.5) is 4.39 Å². The highest BCUT2D eigenvalue weighted by atomic mass is 32.2. The third-order valence-corrected chi connectivity index (χ3v) is 5.78. The van der Waals surface area contributed by atoms with Gasteiger partial charge < -0.3 is 0 Å². The molecule has 0 aliphatic carbocycles. The zero-order valence-corrected chi connectivity index (χ0v) is 17.3. The van der Waals surface area contributed by atoms with E-state index in [-0.39, 0.29) is 10.5 Å². The lowest BCUT2D eigenvalue weighted by Gasteiger charge is -2.13. The number of primary sulfonamides is 1. The number of hydrogen-bond acceptors (Lipinski definition) is 4. The quantitative estimate of drug-likeness (QED) is 0.529. The molecule has 3 aromatic carbocycles. The van der Waals surface area contributed by atoms with Crippen LogP contribution in [0.25, 0.3) is 27.9 Å². The Balaban J connectivity index is 1.96. The minimum absolute atomic E-state index is 0.0411. The van der Waals surface area contributed by atoms with Crippen LogP contribution in [-0.4, -0.2) is 18.2 Å². The molecule has 0 atom stereocenters. The van der Waals surface area contributed by atoms with Gasteiger partial charge in [0.2, 0.25) is 10.0 Å². The largest absolute Gasteiger partial charge is 0.279 e. The first-order valence-electron chi connectivity index (χ1n) is 9.32. The van der Waals surface area contributed by atoms with Gasteiger partial charge in [-0.2, -0.15) is 9.78 Å². The van der Waals surface area contributed by atoms with Gasteiger partial charge in [-0.3, -0.25) is 4.79 Å². The van der Waals surface area contributed by atoms with Crippen molar-refractivity contribution < 1.29 is 12.8 Å². The smallest absolute Gasteiger partial charge is 0.267 e. The monoisotopic (exact) mass is 435 g/mol. The number of aryl methyl sites for hydroxylation is 1. The fourth-order valence-electron chi connectivity index (χ4n) is 3.34. The van der Waals surface area contributed by atoms with E-state index >= 15 is 0 Å². The van der Waals surface area contributed by atoms with E-state index in [9.17, 15) is 17.6 Å². The highest BCUT2D eigenvalue weighted by Gasteiger charge is 2.17. The molecule has 4 rings (SSSR count). The van der Waals surface area contributed by atoms with Gasteiger partial charge in [0.15, 0.2) is 0 Å². The topological polar surface area (TPSA) is 95.1 Å². The van der Waals surface area contributed by atoms with Crippen LogP contribution in [0.3, 0.4) is 0 Å². The Bertz CT molecular complexity index is 1430. The van der Waals surface area contributed by atoms with Gasteiger partial charge in [0.1, 0.15) is 5.82 Å².